The SMILES string of the molecule is CCOC(=O)[C@@H]1CCCN(C(=O)CSc2nnc(COc3ccc(Cl)cc3)n2C)C1. The fraction of sp³-hybridized carbons (Fsp3) is 0.500. The smallest absolute Gasteiger partial charge is 0.310 e. The number of hydrogen-bond acceptors (Lipinski definition) is 7. The molecule has 1 amide bonds. The molecule has 1 aliphatic heterocycles. The van der Waals surface area contributed by atoms with Gasteiger partial charge in [0.05, 0.1) is 18.3 Å². The van der Waals surface area contributed by atoms with E-state index in [4.69, 9.17) is 21.1 Å². The van der Waals surface area contributed by atoms with E-state index in [2.05, 4.69) is 10.2 Å². The van der Waals surface area contributed by atoms with Crippen LogP contribution in [0.15, 0.2) is 29.4 Å². The van der Waals surface area contributed by atoms with Gasteiger partial charge >= 0.3 is 5.97 Å². The van der Waals surface area contributed by atoms with Gasteiger partial charge in [-0.15, -0.1) is 10.2 Å². The maximum absolute atomic E-state index is 12.6. The number of rotatable bonds is 8. The van der Waals surface area contributed by atoms with Crippen LogP contribution in [0.2, 0.25) is 5.02 Å². The molecule has 2 aromatic rings. The van der Waals surface area contributed by atoms with E-state index in [1.807, 2.05) is 11.6 Å². The summed E-state index contributed by atoms with van der Waals surface area (Å²) in [6.45, 7) is 3.48. The monoisotopic (exact) mass is 452 g/mol. The van der Waals surface area contributed by atoms with Crippen molar-refractivity contribution in [3.8, 4) is 5.75 Å². The zero-order valence-electron chi connectivity index (χ0n) is 17.0. The first-order valence-corrected chi connectivity index (χ1v) is 11.2. The van der Waals surface area contributed by atoms with Crippen molar-refractivity contribution < 1.29 is 19.1 Å². The summed E-state index contributed by atoms with van der Waals surface area (Å²) in [6, 6.07) is 7.09. The Labute approximate surface area is 184 Å². The zero-order chi connectivity index (χ0) is 21.5. The van der Waals surface area contributed by atoms with Crippen molar-refractivity contribution in [2.45, 2.75) is 31.5 Å². The molecule has 30 heavy (non-hydrogen) atoms. The molecule has 0 N–H and O–H groups in total. The number of carbonyl (C=O) groups excluding carboxylic acids is 2. The highest BCUT2D eigenvalue weighted by Gasteiger charge is 2.29. The predicted molar refractivity (Wildman–Crippen MR) is 113 cm³/mol. The lowest BCUT2D eigenvalue weighted by molar-refractivity contribution is -0.151. The Kier molecular flexibility index (Phi) is 7.98. The molecule has 10 heteroatoms. The largest absolute Gasteiger partial charge is 0.486 e. The van der Waals surface area contributed by atoms with Crippen LogP contribution in [-0.2, 0) is 28.0 Å². The molecule has 1 aromatic carbocycles. The molecule has 0 spiro atoms. The normalized spacial score (nSPS) is 16.4. The average molecular weight is 453 g/mol. The molecule has 2 heterocycles. The minimum Gasteiger partial charge on any atom is -0.486 e. The summed E-state index contributed by atoms with van der Waals surface area (Å²) >= 11 is 7.19. The molecule has 1 aromatic heterocycles. The number of halogens is 1. The van der Waals surface area contributed by atoms with Crippen molar-refractivity contribution in [3.63, 3.8) is 0 Å². The first-order chi connectivity index (χ1) is 14.5. The van der Waals surface area contributed by atoms with Crippen LogP contribution in [0.4, 0.5) is 0 Å². The van der Waals surface area contributed by atoms with Gasteiger partial charge in [0.1, 0.15) is 12.4 Å². The Hall–Kier alpha value is -2.26. The van der Waals surface area contributed by atoms with E-state index in [0.717, 1.165) is 12.8 Å². The van der Waals surface area contributed by atoms with Gasteiger partial charge in [-0.2, -0.15) is 0 Å². The van der Waals surface area contributed by atoms with Crippen LogP contribution >= 0.6 is 23.4 Å². The van der Waals surface area contributed by atoms with Gasteiger partial charge < -0.3 is 18.9 Å². The Bertz CT molecular complexity index is 874. The number of aromatic nitrogens is 3. The van der Waals surface area contributed by atoms with E-state index in [9.17, 15) is 9.59 Å². The van der Waals surface area contributed by atoms with E-state index in [1.54, 1.807) is 36.1 Å². The van der Waals surface area contributed by atoms with Crippen molar-refractivity contribution >= 4 is 35.2 Å². The molecule has 3 rings (SSSR count). The summed E-state index contributed by atoms with van der Waals surface area (Å²) in [5, 5.41) is 9.59. The van der Waals surface area contributed by atoms with Gasteiger partial charge in [0.25, 0.3) is 0 Å². The van der Waals surface area contributed by atoms with Crippen molar-refractivity contribution in [2.24, 2.45) is 13.0 Å². The molecule has 1 atom stereocenters. The Morgan fingerprint density at radius 3 is 2.77 bits per heavy atom. The summed E-state index contributed by atoms with van der Waals surface area (Å²) in [7, 11) is 1.84. The number of thioether (sulfide) groups is 1. The number of esters is 1. The molecule has 1 fully saturated rings. The highest BCUT2D eigenvalue weighted by molar-refractivity contribution is 7.99. The number of benzene rings is 1. The quantitative estimate of drug-likeness (QED) is 0.449. The Morgan fingerprint density at radius 2 is 2.03 bits per heavy atom. The van der Waals surface area contributed by atoms with Crippen LogP contribution in [0.25, 0.3) is 0 Å². The zero-order valence-corrected chi connectivity index (χ0v) is 18.6. The van der Waals surface area contributed by atoms with Crippen molar-refractivity contribution in [1.82, 2.24) is 19.7 Å². The minimum absolute atomic E-state index is 0.0176. The van der Waals surface area contributed by atoms with Crippen LogP contribution in [0.3, 0.4) is 0 Å². The average Bonchev–Trinajstić information content (AvgIpc) is 3.11. The van der Waals surface area contributed by atoms with Gasteiger partial charge in [-0.1, -0.05) is 23.4 Å². The van der Waals surface area contributed by atoms with Gasteiger partial charge in [-0.25, -0.2) is 0 Å². The van der Waals surface area contributed by atoms with Crippen LogP contribution in [-0.4, -0.2) is 57.0 Å². The van der Waals surface area contributed by atoms with Crippen molar-refractivity contribution in [2.75, 3.05) is 25.4 Å². The van der Waals surface area contributed by atoms with Gasteiger partial charge in [0.15, 0.2) is 11.0 Å². The molecular formula is C20H25ClN4O4S. The third-order valence-electron chi connectivity index (χ3n) is 4.83. The first kappa shape index (κ1) is 22.4. The Balaban J connectivity index is 1.50. The number of piperidine rings is 1. The summed E-state index contributed by atoms with van der Waals surface area (Å²) in [5.41, 5.74) is 0. The van der Waals surface area contributed by atoms with E-state index >= 15 is 0 Å². The van der Waals surface area contributed by atoms with Crippen molar-refractivity contribution in [1.29, 1.82) is 0 Å². The summed E-state index contributed by atoms with van der Waals surface area (Å²) in [6.07, 6.45) is 1.56. The van der Waals surface area contributed by atoms with E-state index < -0.39 is 0 Å². The molecule has 1 saturated heterocycles. The summed E-state index contributed by atoms with van der Waals surface area (Å²) in [5.74, 6) is 1.10. The second-order valence-corrected chi connectivity index (χ2v) is 8.30. The lowest BCUT2D eigenvalue weighted by Crippen LogP contribution is -2.43. The molecule has 0 radical (unpaired) electrons. The summed E-state index contributed by atoms with van der Waals surface area (Å²) < 4.78 is 12.6. The molecule has 0 unspecified atom stereocenters. The molecule has 0 saturated carbocycles. The Morgan fingerprint density at radius 1 is 1.27 bits per heavy atom. The standard InChI is InChI=1S/C20H25ClN4O4S/c1-3-28-19(27)14-5-4-10-25(11-14)18(26)13-30-20-23-22-17(24(20)2)12-29-16-8-6-15(21)7-9-16/h6-9,14H,3-5,10-13H2,1-2H3/t14-/m1/s1. The van der Waals surface area contributed by atoms with Crippen LogP contribution in [0.5, 0.6) is 5.75 Å². The topological polar surface area (TPSA) is 86.6 Å². The lowest BCUT2D eigenvalue weighted by Gasteiger charge is -2.31. The maximum Gasteiger partial charge on any atom is 0.310 e. The second kappa shape index (κ2) is 10.7. The number of carbonyl (C=O) groups is 2. The number of nitrogens with zero attached hydrogens (tertiary/aromatic N) is 4. The number of likely N-dealkylation sites (tertiary alicyclic amines) is 1. The number of hydrogen-bond donors (Lipinski definition) is 0. The minimum atomic E-state index is -0.237. The third-order valence-corrected chi connectivity index (χ3v) is 6.08. The van der Waals surface area contributed by atoms with Gasteiger partial charge in [-0.3, -0.25) is 9.59 Å². The number of ether oxygens (including phenoxy) is 2. The summed E-state index contributed by atoms with van der Waals surface area (Å²) in [4.78, 5) is 26.3. The molecule has 0 bridgehead atoms. The van der Waals surface area contributed by atoms with E-state index in [0.29, 0.717) is 41.4 Å². The fourth-order valence-electron chi connectivity index (χ4n) is 3.15. The fourth-order valence-corrected chi connectivity index (χ4v) is 4.11. The van der Waals surface area contributed by atoms with E-state index in [1.165, 1.54) is 11.8 Å². The predicted octanol–water partition coefficient (Wildman–Crippen LogP) is 2.94. The highest BCUT2D eigenvalue weighted by Crippen LogP contribution is 2.22. The van der Waals surface area contributed by atoms with Crippen molar-refractivity contribution in [3.05, 3.63) is 35.1 Å². The third kappa shape index (κ3) is 5.89. The van der Waals surface area contributed by atoms with Gasteiger partial charge in [-0.05, 0) is 44.0 Å². The maximum atomic E-state index is 12.6. The van der Waals surface area contributed by atoms with Crippen LogP contribution in [0.1, 0.15) is 25.6 Å². The molecule has 8 nitrogen and oxygen atoms in total. The molecule has 1 aliphatic rings. The van der Waals surface area contributed by atoms with Crippen LogP contribution < -0.4 is 4.74 Å². The molecular weight excluding hydrogens is 428 g/mol. The highest BCUT2D eigenvalue weighted by atomic mass is 35.5. The second-order valence-electron chi connectivity index (χ2n) is 6.92. The number of amides is 1. The van der Waals surface area contributed by atoms with E-state index in [-0.39, 0.29) is 30.2 Å². The molecule has 162 valence electrons. The lowest BCUT2D eigenvalue weighted by atomic mass is 9.98. The van der Waals surface area contributed by atoms with Gasteiger partial charge in [0.2, 0.25) is 5.91 Å². The molecule has 0 aliphatic carbocycles. The first-order valence-electron chi connectivity index (χ1n) is 9.81. The van der Waals surface area contributed by atoms with Gasteiger partial charge in [0, 0.05) is 25.2 Å². The van der Waals surface area contributed by atoms with Crippen LogP contribution in [0, 0.1) is 5.92 Å².